The minimum Gasteiger partial charge on any atom is -0.461 e. The van der Waals surface area contributed by atoms with E-state index in [-0.39, 0.29) is 23.8 Å². The normalized spacial score (nSPS) is 11.0. The van der Waals surface area contributed by atoms with Gasteiger partial charge in [-0.3, -0.25) is 14.3 Å². The van der Waals surface area contributed by atoms with Crippen molar-refractivity contribution >= 4 is 17.6 Å². The summed E-state index contributed by atoms with van der Waals surface area (Å²) in [5, 5.41) is 2.93. The second-order valence-electron chi connectivity index (χ2n) is 9.51. The molecule has 0 spiro atoms. The zero-order valence-electron chi connectivity index (χ0n) is 22.5. The van der Waals surface area contributed by atoms with Gasteiger partial charge in [-0.15, -0.1) is 0 Å². The molecule has 0 aliphatic heterocycles. The third-order valence-corrected chi connectivity index (χ3v) is 6.51. The molecule has 2 rings (SSSR count). The van der Waals surface area contributed by atoms with Crippen molar-refractivity contribution < 1.29 is 14.3 Å². The average Bonchev–Trinajstić information content (AvgIpc) is 3.16. The molecule has 0 unspecified atom stereocenters. The van der Waals surface area contributed by atoms with Gasteiger partial charge in [0.2, 0.25) is 5.91 Å². The van der Waals surface area contributed by atoms with Gasteiger partial charge >= 0.3 is 5.97 Å². The maximum Gasteiger partial charge on any atom is 0.356 e. The molecule has 0 aliphatic carbocycles. The van der Waals surface area contributed by atoms with E-state index >= 15 is 0 Å². The summed E-state index contributed by atoms with van der Waals surface area (Å²) in [7, 11) is 1.64. The highest BCUT2D eigenvalue weighted by atomic mass is 16.5. The molecule has 7 heteroatoms. The van der Waals surface area contributed by atoms with Crippen LogP contribution in [0.25, 0.3) is 5.69 Å². The fourth-order valence-corrected chi connectivity index (χ4v) is 4.44. The van der Waals surface area contributed by atoms with Crippen molar-refractivity contribution in [3.8, 4) is 5.69 Å². The van der Waals surface area contributed by atoms with Crippen molar-refractivity contribution in [3.05, 3.63) is 46.4 Å². The highest BCUT2D eigenvalue weighted by Gasteiger charge is 2.17. The lowest BCUT2D eigenvalue weighted by Gasteiger charge is -2.11. The number of anilines is 1. The molecular formula is C29H45N3O4. The second kappa shape index (κ2) is 16.8. The van der Waals surface area contributed by atoms with E-state index < -0.39 is 5.97 Å². The largest absolute Gasteiger partial charge is 0.461 e. The molecule has 0 radical (unpaired) electrons. The molecule has 0 fully saturated rings. The van der Waals surface area contributed by atoms with Crippen molar-refractivity contribution in [1.29, 1.82) is 0 Å². The van der Waals surface area contributed by atoms with E-state index in [9.17, 15) is 14.4 Å². The number of hydrogen-bond acceptors (Lipinski definition) is 4. The van der Waals surface area contributed by atoms with Gasteiger partial charge in [0.05, 0.1) is 12.3 Å². The van der Waals surface area contributed by atoms with E-state index in [1.54, 1.807) is 38.2 Å². The number of amides is 1. The monoisotopic (exact) mass is 499 g/mol. The Balaban J connectivity index is 1.64. The Kier molecular flexibility index (Phi) is 13.7. The van der Waals surface area contributed by atoms with Gasteiger partial charge in [-0.1, -0.05) is 84.0 Å². The Bertz CT molecular complexity index is 975. The first-order chi connectivity index (χ1) is 17.5. The van der Waals surface area contributed by atoms with Crippen molar-refractivity contribution in [2.24, 2.45) is 7.05 Å². The topological polar surface area (TPSA) is 82.3 Å². The summed E-state index contributed by atoms with van der Waals surface area (Å²) in [6.07, 6.45) is 17.2. The van der Waals surface area contributed by atoms with E-state index in [1.165, 1.54) is 86.1 Å². The third-order valence-electron chi connectivity index (χ3n) is 6.51. The molecule has 7 nitrogen and oxygen atoms in total. The van der Waals surface area contributed by atoms with Gasteiger partial charge in [0.15, 0.2) is 0 Å². The first-order valence-corrected chi connectivity index (χ1v) is 13.8. The van der Waals surface area contributed by atoms with Gasteiger partial charge in [0.1, 0.15) is 5.69 Å². The number of rotatable bonds is 18. The Hall–Kier alpha value is -2.83. The molecule has 0 aliphatic rings. The Labute approximate surface area is 216 Å². The number of esters is 1. The summed E-state index contributed by atoms with van der Waals surface area (Å²) in [5.74, 6) is -0.528. The van der Waals surface area contributed by atoms with Crippen LogP contribution in [0.4, 0.5) is 5.69 Å². The van der Waals surface area contributed by atoms with Crippen LogP contribution in [0.1, 0.15) is 114 Å². The molecular weight excluding hydrogens is 454 g/mol. The lowest BCUT2D eigenvalue weighted by molar-refractivity contribution is -0.116. The number of ether oxygens (including phenoxy) is 1. The summed E-state index contributed by atoms with van der Waals surface area (Å²) < 4.78 is 7.87. The molecule has 200 valence electrons. The SMILES string of the molecule is CCCCCCCCCCCCCCCC(=O)Nc1ccc(-n2c(=O)cc(C(=O)OCC)n2C)cc1. The van der Waals surface area contributed by atoms with E-state index in [0.717, 1.165) is 12.8 Å². The van der Waals surface area contributed by atoms with Gasteiger partial charge in [0, 0.05) is 25.2 Å². The predicted molar refractivity (Wildman–Crippen MR) is 146 cm³/mol. The standard InChI is InChI=1S/C29H45N3O4/c1-4-6-7-8-9-10-11-12-13-14-15-16-17-18-27(33)30-24-19-21-25(22-20-24)32-28(34)23-26(31(32)3)29(35)36-5-2/h19-23H,4-18H2,1-3H3,(H,30,33). The first kappa shape index (κ1) is 29.4. The van der Waals surface area contributed by atoms with Crippen LogP contribution in [0, 0.1) is 0 Å². The highest BCUT2D eigenvalue weighted by Crippen LogP contribution is 2.16. The molecule has 2 aromatic rings. The fraction of sp³-hybridized carbons (Fsp3) is 0.621. The summed E-state index contributed by atoms with van der Waals surface area (Å²) in [5.41, 5.74) is 1.16. The fourth-order valence-electron chi connectivity index (χ4n) is 4.44. The molecule has 1 N–H and O–H groups in total. The van der Waals surface area contributed by atoms with E-state index in [2.05, 4.69) is 12.2 Å². The summed E-state index contributed by atoms with van der Waals surface area (Å²) in [4.78, 5) is 36.7. The number of unbranched alkanes of at least 4 members (excludes halogenated alkanes) is 12. The number of benzene rings is 1. The maximum atomic E-state index is 12.4. The minimum absolute atomic E-state index is 0.00598. The lowest BCUT2D eigenvalue weighted by Crippen LogP contribution is -2.20. The zero-order chi connectivity index (χ0) is 26.2. The summed E-state index contributed by atoms with van der Waals surface area (Å²) in [6, 6.07) is 8.29. The van der Waals surface area contributed by atoms with Crippen LogP contribution in [-0.4, -0.2) is 27.8 Å². The Morgan fingerprint density at radius 1 is 0.806 bits per heavy atom. The number of nitrogens with zero attached hydrogens (tertiary/aromatic N) is 2. The maximum absolute atomic E-state index is 12.4. The van der Waals surface area contributed by atoms with Gasteiger partial charge in [-0.2, -0.15) is 0 Å². The molecule has 1 amide bonds. The predicted octanol–water partition coefficient (Wildman–Crippen LogP) is 6.77. The lowest BCUT2D eigenvalue weighted by atomic mass is 10.0. The van der Waals surface area contributed by atoms with E-state index in [1.807, 2.05) is 0 Å². The average molecular weight is 500 g/mol. The van der Waals surface area contributed by atoms with Gasteiger partial charge in [-0.05, 0) is 37.6 Å². The smallest absolute Gasteiger partial charge is 0.356 e. The number of carbonyl (C=O) groups excluding carboxylic acids is 2. The second-order valence-corrected chi connectivity index (χ2v) is 9.51. The zero-order valence-corrected chi connectivity index (χ0v) is 22.5. The van der Waals surface area contributed by atoms with Crippen molar-refractivity contribution in [1.82, 2.24) is 9.36 Å². The highest BCUT2D eigenvalue weighted by molar-refractivity contribution is 5.90. The summed E-state index contributed by atoms with van der Waals surface area (Å²) >= 11 is 0. The third kappa shape index (κ3) is 10.0. The van der Waals surface area contributed by atoms with Gasteiger partial charge in [-0.25, -0.2) is 9.48 Å². The first-order valence-electron chi connectivity index (χ1n) is 13.8. The number of aromatic nitrogens is 2. The van der Waals surface area contributed by atoms with Crippen LogP contribution >= 0.6 is 0 Å². The molecule has 0 saturated heterocycles. The number of hydrogen-bond donors (Lipinski definition) is 1. The summed E-state index contributed by atoms with van der Waals surface area (Å²) in [6.45, 7) is 4.22. The number of carbonyl (C=O) groups is 2. The molecule has 1 aromatic carbocycles. The van der Waals surface area contributed by atoms with Gasteiger partial charge in [0.25, 0.3) is 5.56 Å². The van der Waals surface area contributed by atoms with Gasteiger partial charge < -0.3 is 10.1 Å². The molecule has 0 saturated carbocycles. The van der Waals surface area contributed by atoms with Crippen LogP contribution < -0.4 is 10.9 Å². The quantitative estimate of drug-likeness (QED) is 0.181. The Morgan fingerprint density at radius 3 is 1.86 bits per heavy atom. The van der Waals surface area contributed by atoms with Crippen LogP contribution in [0.15, 0.2) is 35.1 Å². The molecule has 36 heavy (non-hydrogen) atoms. The molecule has 1 heterocycles. The van der Waals surface area contributed by atoms with E-state index in [0.29, 0.717) is 17.8 Å². The molecule has 0 atom stereocenters. The van der Waals surface area contributed by atoms with Crippen LogP contribution in [0.5, 0.6) is 0 Å². The van der Waals surface area contributed by atoms with Crippen LogP contribution in [-0.2, 0) is 16.6 Å². The van der Waals surface area contributed by atoms with E-state index in [4.69, 9.17) is 4.74 Å². The number of nitrogens with one attached hydrogen (secondary N) is 1. The van der Waals surface area contributed by atoms with Crippen molar-refractivity contribution in [2.75, 3.05) is 11.9 Å². The minimum atomic E-state index is -0.534. The van der Waals surface area contributed by atoms with Crippen molar-refractivity contribution in [2.45, 2.75) is 104 Å². The van der Waals surface area contributed by atoms with Crippen LogP contribution in [0.3, 0.4) is 0 Å². The molecule has 0 bridgehead atoms. The van der Waals surface area contributed by atoms with Crippen molar-refractivity contribution in [3.63, 3.8) is 0 Å². The Morgan fingerprint density at radius 2 is 1.33 bits per heavy atom. The van der Waals surface area contributed by atoms with Crippen LogP contribution in [0.2, 0.25) is 0 Å². The molecule has 1 aromatic heterocycles.